The molecule has 0 spiro atoms. The molecule has 3 N–H and O–H groups in total. The van der Waals surface area contributed by atoms with Crippen molar-refractivity contribution in [1.82, 2.24) is 9.97 Å². The van der Waals surface area contributed by atoms with Crippen molar-refractivity contribution >= 4 is 29.5 Å². The number of rotatable bonds is 5. The number of hydrogen-bond acceptors (Lipinski definition) is 5. The van der Waals surface area contributed by atoms with E-state index in [9.17, 15) is 9.59 Å². The number of para-hydroxylation sites is 1. The maximum absolute atomic E-state index is 11.9. The van der Waals surface area contributed by atoms with Crippen molar-refractivity contribution in [3.05, 3.63) is 53.9 Å². The van der Waals surface area contributed by atoms with Gasteiger partial charge in [-0.05, 0) is 18.2 Å². The third-order valence-electron chi connectivity index (χ3n) is 2.94. The molecule has 23 heavy (non-hydrogen) atoms. The van der Waals surface area contributed by atoms with Gasteiger partial charge in [0.2, 0.25) is 11.9 Å². The first-order valence-electron chi connectivity index (χ1n) is 6.84. The maximum Gasteiger partial charge on any atom is 0.250 e. The molecular formula is C16H17N5O2. The number of nitrogens with zero attached hydrogens (tertiary/aromatic N) is 3. The fourth-order valence-corrected chi connectivity index (χ4v) is 1.80. The molecule has 2 rings (SSSR count). The van der Waals surface area contributed by atoms with Gasteiger partial charge in [-0.2, -0.15) is 0 Å². The van der Waals surface area contributed by atoms with Gasteiger partial charge in [0.1, 0.15) is 0 Å². The summed E-state index contributed by atoms with van der Waals surface area (Å²) in [5.74, 6) is -0.394. The lowest BCUT2D eigenvalue weighted by Gasteiger charge is -2.08. The van der Waals surface area contributed by atoms with Gasteiger partial charge < -0.3 is 16.0 Å². The van der Waals surface area contributed by atoms with Crippen LogP contribution in [0.2, 0.25) is 0 Å². The quantitative estimate of drug-likeness (QED) is 0.810. The van der Waals surface area contributed by atoms with Gasteiger partial charge in [0.25, 0.3) is 5.91 Å². The molecule has 1 aromatic heterocycles. The highest BCUT2D eigenvalue weighted by Crippen LogP contribution is 2.14. The summed E-state index contributed by atoms with van der Waals surface area (Å²) >= 11 is 0. The van der Waals surface area contributed by atoms with E-state index in [0.29, 0.717) is 17.2 Å². The van der Waals surface area contributed by atoms with Crippen molar-refractivity contribution in [2.75, 3.05) is 24.3 Å². The molecule has 0 bridgehead atoms. The summed E-state index contributed by atoms with van der Waals surface area (Å²) < 4.78 is 0. The lowest BCUT2D eigenvalue weighted by molar-refractivity contribution is -0.111. The van der Waals surface area contributed by atoms with E-state index >= 15 is 0 Å². The third-order valence-corrected chi connectivity index (χ3v) is 2.94. The maximum atomic E-state index is 11.9. The van der Waals surface area contributed by atoms with Crippen LogP contribution in [0.4, 0.5) is 11.6 Å². The molecule has 7 nitrogen and oxygen atoms in total. The van der Waals surface area contributed by atoms with Crippen LogP contribution in [-0.4, -0.2) is 35.9 Å². The number of aromatic nitrogens is 2. The summed E-state index contributed by atoms with van der Waals surface area (Å²) in [6.45, 7) is 0. The van der Waals surface area contributed by atoms with Gasteiger partial charge in [-0.15, -0.1) is 0 Å². The van der Waals surface area contributed by atoms with E-state index in [1.165, 1.54) is 6.08 Å². The number of nitrogens with two attached hydrogens (primary N) is 1. The van der Waals surface area contributed by atoms with Gasteiger partial charge in [-0.25, -0.2) is 9.97 Å². The lowest BCUT2D eigenvalue weighted by Crippen LogP contribution is -2.16. The van der Waals surface area contributed by atoms with Crippen LogP contribution >= 0.6 is 0 Å². The highest BCUT2D eigenvalue weighted by Gasteiger charge is 2.08. The van der Waals surface area contributed by atoms with Crippen LogP contribution in [0.1, 0.15) is 15.9 Å². The van der Waals surface area contributed by atoms with Crippen molar-refractivity contribution in [3.8, 4) is 0 Å². The minimum Gasteiger partial charge on any atom is -0.366 e. The first kappa shape index (κ1) is 16.2. The SMILES string of the molecule is CN(C)c1ncc(/C=C/C(=O)Nc2ccccc2C(N)=O)cn1. The Morgan fingerprint density at radius 1 is 1.17 bits per heavy atom. The summed E-state index contributed by atoms with van der Waals surface area (Å²) in [6.07, 6.45) is 6.15. The summed E-state index contributed by atoms with van der Waals surface area (Å²) in [5, 5.41) is 2.62. The van der Waals surface area contributed by atoms with Gasteiger partial charge in [0, 0.05) is 38.1 Å². The van der Waals surface area contributed by atoms with E-state index in [-0.39, 0.29) is 11.5 Å². The molecule has 1 aromatic carbocycles. The minimum atomic E-state index is -0.599. The zero-order valence-corrected chi connectivity index (χ0v) is 12.9. The molecule has 0 fully saturated rings. The Hall–Kier alpha value is -3.22. The van der Waals surface area contributed by atoms with E-state index in [1.54, 1.807) is 47.6 Å². The van der Waals surface area contributed by atoms with E-state index in [4.69, 9.17) is 5.73 Å². The summed E-state index contributed by atoms with van der Waals surface area (Å²) in [4.78, 5) is 33.3. The number of amides is 2. The topological polar surface area (TPSA) is 101 Å². The average Bonchev–Trinajstić information content (AvgIpc) is 2.53. The number of primary amides is 1. The van der Waals surface area contributed by atoms with Gasteiger partial charge in [0.05, 0.1) is 11.3 Å². The van der Waals surface area contributed by atoms with Crippen LogP contribution in [0.3, 0.4) is 0 Å². The van der Waals surface area contributed by atoms with E-state index < -0.39 is 5.91 Å². The van der Waals surface area contributed by atoms with E-state index in [1.807, 2.05) is 14.1 Å². The smallest absolute Gasteiger partial charge is 0.250 e. The predicted octanol–water partition coefficient (Wildman–Crippen LogP) is 1.29. The highest BCUT2D eigenvalue weighted by atomic mass is 16.2. The molecule has 0 aliphatic heterocycles. The average molecular weight is 311 g/mol. The number of hydrogen-bond donors (Lipinski definition) is 2. The van der Waals surface area contributed by atoms with Gasteiger partial charge in [0.15, 0.2) is 0 Å². The van der Waals surface area contributed by atoms with Gasteiger partial charge >= 0.3 is 0 Å². The zero-order valence-electron chi connectivity index (χ0n) is 12.9. The molecule has 0 aliphatic rings. The number of carbonyl (C=O) groups excluding carboxylic acids is 2. The zero-order chi connectivity index (χ0) is 16.8. The Morgan fingerprint density at radius 3 is 2.43 bits per heavy atom. The Kier molecular flexibility index (Phi) is 5.03. The largest absolute Gasteiger partial charge is 0.366 e. The molecule has 0 saturated heterocycles. The van der Waals surface area contributed by atoms with Crippen molar-refractivity contribution < 1.29 is 9.59 Å². The van der Waals surface area contributed by atoms with E-state index in [0.717, 1.165) is 0 Å². The number of anilines is 2. The molecule has 1 heterocycles. The van der Waals surface area contributed by atoms with Crippen LogP contribution < -0.4 is 16.0 Å². The number of nitrogens with one attached hydrogen (secondary N) is 1. The molecule has 0 unspecified atom stereocenters. The number of carbonyl (C=O) groups is 2. The van der Waals surface area contributed by atoms with Crippen LogP contribution in [0.25, 0.3) is 6.08 Å². The fourth-order valence-electron chi connectivity index (χ4n) is 1.80. The summed E-state index contributed by atoms with van der Waals surface area (Å²) in [6, 6.07) is 6.55. The van der Waals surface area contributed by atoms with Crippen molar-refractivity contribution in [2.45, 2.75) is 0 Å². The second kappa shape index (κ2) is 7.17. The van der Waals surface area contributed by atoms with Crippen LogP contribution in [0.5, 0.6) is 0 Å². The monoisotopic (exact) mass is 311 g/mol. The molecule has 0 radical (unpaired) electrons. The minimum absolute atomic E-state index is 0.257. The molecule has 118 valence electrons. The third kappa shape index (κ3) is 4.37. The standard InChI is InChI=1S/C16H17N5O2/c1-21(2)16-18-9-11(10-19-16)7-8-14(22)20-13-6-4-3-5-12(13)15(17)23/h3-10H,1-2H3,(H2,17,23)(H,20,22)/b8-7+. The number of benzene rings is 1. The molecule has 0 atom stereocenters. The molecule has 0 aliphatic carbocycles. The second-order valence-corrected chi connectivity index (χ2v) is 4.94. The molecule has 0 saturated carbocycles. The normalized spacial score (nSPS) is 10.5. The first-order valence-corrected chi connectivity index (χ1v) is 6.84. The van der Waals surface area contributed by atoms with Crippen LogP contribution in [0.15, 0.2) is 42.7 Å². The highest BCUT2D eigenvalue weighted by molar-refractivity contribution is 6.07. The Morgan fingerprint density at radius 2 is 1.83 bits per heavy atom. The van der Waals surface area contributed by atoms with Crippen molar-refractivity contribution in [3.63, 3.8) is 0 Å². The Balaban J connectivity index is 2.06. The Labute approximate surface area is 133 Å². The predicted molar refractivity (Wildman–Crippen MR) is 89.0 cm³/mol. The van der Waals surface area contributed by atoms with Crippen molar-refractivity contribution in [1.29, 1.82) is 0 Å². The molecule has 2 aromatic rings. The lowest BCUT2D eigenvalue weighted by atomic mass is 10.1. The molecular weight excluding hydrogens is 294 g/mol. The van der Waals surface area contributed by atoms with Crippen LogP contribution in [0, 0.1) is 0 Å². The van der Waals surface area contributed by atoms with E-state index in [2.05, 4.69) is 15.3 Å². The van der Waals surface area contributed by atoms with Gasteiger partial charge in [-0.3, -0.25) is 9.59 Å². The molecule has 7 heteroatoms. The van der Waals surface area contributed by atoms with Crippen LogP contribution in [-0.2, 0) is 4.79 Å². The molecule has 2 amide bonds. The fraction of sp³-hybridized carbons (Fsp3) is 0.125. The first-order chi connectivity index (χ1) is 11.0. The van der Waals surface area contributed by atoms with Gasteiger partial charge in [-0.1, -0.05) is 12.1 Å². The van der Waals surface area contributed by atoms with Crippen molar-refractivity contribution in [2.24, 2.45) is 5.73 Å². The summed E-state index contributed by atoms with van der Waals surface area (Å²) in [5.41, 5.74) is 6.58. The Bertz CT molecular complexity index is 738. The second-order valence-electron chi connectivity index (χ2n) is 4.94. The summed E-state index contributed by atoms with van der Waals surface area (Å²) in [7, 11) is 3.68.